The third-order valence-corrected chi connectivity index (χ3v) is 6.21. The van der Waals surface area contributed by atoms with Gasteiger partial charge in [0.25, 0.3) is 0 Å². The fourth-order valence-corrected chi connectivity index (χ4v) is 4.64. The van der Waals surface area contributed by atoms with Crippen LogP contribution < -0.4 is 10.5 Å². The first-order valence-corrected chi connectivity index (χ1v) is 10.2. The Kier molecular flexibility index (Phi) is 5.20. The molecule has 1 unspecified atom stereocenters. The molecule has 0 saturated carbocycles. The molecule has 0 aliphatic carbocycles. The number of aryl methyl sites for hydroxylation is 1. The average Bonchev–Trinajstić information content (AvgIpc) is 2.87. The summed E-state index contributed by atoms with van der Waals surface area (Å²) in [7, 11) is 4.02. The number of benzene rings is 2. The molecule has 2 aromatic carbocycles. The molecule has 4 rings (SSSR count). The molecule has 1 aliphatic heterocycles. The number of para-hydroxylation sites is 1. The maximum atomic E-state index is 12.5. The average molecular weight is 407 g/mol. The standard InChI is InChI=1S/C23H22N2O3S/c1-14-12-19(26)22(23(27)28-14)18-13-21(15-8-10-16(11-9-15)25(2)3)29-20-7-5-4-6-17(20)24-18/h4-12,21,26H,13H2,1-3H3. The number of fused-ring (bicyclic) bond motifs is 1. The Balaban J connectivity index is 1.82. The van der Waals surface area contributed by atoms with Gasteiger partial charge in [0, 0.05) is 42.4 Å². The van der Waals surface area contributed by atoms with Crippen LogP contribution in [0.3, 0.4) is 0 Å². The van der Waals surface area contributed by atoms with Crippen molar-refractivity contribution in [1.82, 2.24) is 0 Å². The van der Waals surface area contributed by atoms with Crippen LogP contribution in [0.5, 0.6) is 5.75 Å². The van der Waals surface area contributed by atoms with Gasteiger partial charge in [-0.25, -0.2) is 4.79 Å². The normalized spacial score (nSPS) is 16.0. The van der Waals surface area contributed by atoms with Crippen LogP contribution in [0, 0.1) is 6.92 Å². The lowest BCUT2D eigenvalue weighted by Gasteiger charge is -2.18. The van der Waals surface area contributed by atoms with Gasteiger partial charge in [0.05, 0.1) is 11.4 Å². The summed E-state index contributed by atoms with van der Waals surface area (Å²) >= 11 is 1.72. The Labute approximate surface area is 173 Å². The topological polar surface area (TPSA) is 66.0 Å². The van der Waals surface area contributed by atoms with Crippen molar-refractivity contribution in [3.05, 3.63) is 81.9 Å². The van der Waals surface area contributed by atoms with Crippen LogP contribution in [0.15, 0.2) is 73.7 Å². The van der Waals surface area contributed by atoms with Crippen molar-refractivity contribution in [3.8, 4) is 5.75 Å². The predicted octanol–water partition coefficient (Wildman–Crippen LogP) is 5.08. The quantitative estimate of drug-likeness (QED) is 0.657. The smallest absolute Gasteiger partial charge is 0.348 e. The molecule has 1 N–H and O–H groups in total. The van der Waals surface area contributed by atoms with E-state index in [9.17, 15) is 9.90 Å². The molecule has 148 valence electrons. The van der Waals surface area contributed by atoms with Gasteiger partial charge in [-0.1, -0.05) is 24.3 Å². The van der Waals surface area contributed by atoms with Gasteiger partial charge in [-0.3, -0.25) is 4.99 Å². The minimum absolute atomic E-state index is 0.0497. The van der Waals surface area contributed by atoms with Gasteiger partial charge >= 0.3 is 5.63 Å². The molecule has 0 radical (unpaired) electrons. The van der Waals surface area contributed by atoms with E-state index < -0.39 is 5.63 Å². The van der Waals surface area contributed by atoms with Crippen LogP contribution in [-0.2, 0) is 0 Å². The Bertz CT molecular complexity index is 1130. The fraction of sp³-hybridized carbons (Fsp3) is 0.217. The Hall–Kier alpha value is -2.99. The first-order valence-electron chi connectivity index (χ1n) is 9.37. The monoisotopic (exact) mass is 406 g/mol. The number of thioether (sulfide) groups is 1. The highest BCUT2D eigenvalue weighted by Crippen LogP contribution is 2.46. The van der Waals surface area contributed by atoms with Gasteiger partial charge in [0.15, 0.2) is 0 Å². The van der Waals surface area contributed by atoms with Crippen LogP contribution >= 0.6 is 11.8 Å². The van der Waals surface area contributed by atoms with Crippen molar-refractivity contribution in [2.75, 3.05) is 19.0 Å². The zero-order chi connectivity index (χ0) is 20.5. The van der Waals surface area contributed by atoms with Crippen LogP contribution in [0.4, 0.5) is 11.4 Å². The summed E-state index contributed by atoms with van der Waals surface area (Å²) in [5.41, 5.74) is 3.17. The van der Waals surface area contributed by atoms with E-state index in [0.29, 0.717) is 17.9 Å². The summed E-state index contributed by atoms with van der Waals surface area (Å²) in [5, 5.41) is 10.5. The molecule has 1 atom stereocenters. The highest BCUT2D eigenvalue weighted by molar-refractivity contribution is 7.99. The summed E-state index contributed by atoms with van der Waals surface area (Å²) < 4.78 is 5.25. The van der Waals surface area contributed by atoms with Crippen LogP contribution in [0.25, 0.3) is 0 Å². The summed E-state index contributed by atoms with van der Waals surface area (Å²) in [6.07, 6.45) is 0.502. The number of rotatable bonds is 3. The lowest BCUT2D eigenvalue weighted by Crippen LogP contribution is -2.17. The van der Waals surface area contributed by atoms with Gasteiger partial charge in [0.2, 0.25) is 0 Å². The van der Waals surface area contributed by atoms with E-state index in [1.165, 1.54) is 6.07 Å². The van der Waals surface area contributed by atoms with Gasteiger partial charge in [-0.05, 0) is 36.8 Å². The number of nitrogens with zero attached hydrogens (tertiary/aromatic N) is 2. The van der Waals surface area contributed by atoms with E-state index in [4.69, 9.17) is 9.41 Å². The van der Waals surface area contributed by atoms with Crippen molar-refractivity contribution in [3.63, 3.8) is 0 Å². The lowest BCUT2D eigenvalue weighted by molar-refractivity contribution is 0.432. The van der Waals surface area contributed by atoms with Gasteiger partial charge in [-0.2, -0.15) is 0 Å². The highest BCUT2D eigenvalue weighted by Gasteiger charge is 2.26. The zero-order valence-corrected chi connectivity index (χ0v) is 17.4. The van der Waals surface area contributed by atoms with E-state index in [1.807, 2.05) is 38.4 Å². The van der Waals surface area contributed by atoms with Crippen LogP contribution in [0.2, 0.25) is 0 Å². The van der Waals surface area contributed by atoms with E-state index in [0.717, 1.165) is 21.8 Å². The molecule has 3 aromatic rings. The van der Waals surface area contributed by atoms with E-state index in [-0.39, 0.29) is 16.6 Å². The summed E-state index contributed by atoms with van der Waals surface area (Å²) in [6.45, 7) is 1.64. The number of anilines is 1. The van der Waals surface area contributed by atoms with Gasteiger partial charge in [0.1, 0.15) is 17.1 Å². The molecule has 0 amide bonds. The van der Waals surface area contributed by atoms with E-state index >= 15 is 0 Å². The van der Waals surface area contributed by atoms with Crippen molar-refractivity contribution in [1.29, 1.82) is 0 Å². The molecule has 5 nitrogen and oxygen atoms in total. The van der Waals surface area contributed by atoms with Crippen molar-refractivity contribution >= 4 is 28.8 Å². The summed E-state index contributed by atoms with van der Waals surface area (Å²) in [6, 6.07) is 17.7. The molecule has 1 aromatic heterocycles. The molecule has 0 saturated heterocycles. The fourth-order valence-electron chi connectivity index (χ4n) is 3.40. The number of hydrogen-bond acceptors (Lipinski definition) is 6. The largest absolute Gasteiger partial charge is 0.507 e. The van der Waals surface area contributed by atoms with E-state index in [1.54, 1.807) is 18.7 Å². The maximum Gasteiger partial charge on any atom is 0.348 e. The minimum atomic E-state index is -0.563. The predicted molar refractivity (Wildman–Crippen MR) is 118 cm³/mol. The second-order valence-electron chi connectivity index (χ2n) is 7.23. The van der Waals surface area contributed by atoms with Crippen molar-refractivity contribution in [2.45, 2.75) is 23.5 Å². The highest BCUT2D eigenvalue weighted by atomic mass is 32.2. The zero-order valence-electron chi connectivity index (χ0n) is 16.5. The SMILES string of the molecule is Cc1cc(O)c(C2=Nc3ccccc3SC(c3ccc(N(C)C)cc3)C2)c(=O)o1. The maximum absolute atomic E-state index is 12.5. The molecule has 6 heteroatoms. The molecule has 0 bridgehead atoms. The number of hydrogen-bond donors (Lipinski definition) is 1. The number of aromatic hydroxyl groups is 1. The third-order valence-electron chi connectivity index (χ3n) is 4.89. The van der Waals surface area contributed by atoms with Crippen LogP contribution in [-0.4, -0.2) is 24.9 Å². The molecule has 29 heavy (non-hydrogen) atoms. The van der Waals surface area contributed by atoms with E-state index in [2.05, 4.69) is 29.2 Å². The molecular weight excluding hydrogens is 384 g/mol. The third kappa shape index (κ3) is 3.93. The Morgan fingerprint density at radius 2 is 1.86 bits per heavy atom. The van der Waals surface area contributed by atoms with Crippen molar-refractivity contribution in [2.24, 2.45) is 4.99 Å². The molecule has 1 aliphatic rings. The second kappa shape index (κ2) is 7.79. The summed E-state index contributed by atoms with van der Waals surface area (Å²) in [4.78, 5) is 20.4. The molecule has 2 heterocycles. The Morgan fingerprint density at radius 3 is 2.55 bits per heavy atom. The molecule has 0 fully saturated rings. The molecule has 0 spiro atoms. The minimum Gasteiger partial charge on any atom is -0.507 e. The Morgan fingerprint density at radius 1 is 1.14 bits per heavy atom. The first-order chi connectivity index (χ1) is 13.9. The van der Waals surface area contributed by atoms with Gasteiger partial charge in [-0.15, -0.1) is 11.8 Å². The number of aliphatic imine (C=N–C) groups is 1. The first kappa shape index (κ1) is 19.3. The second-order valence-corrected chi connectivity index (χ2v) is 8.47. The van der Waals surface area contributed by atoms with Crippen LogP contribution in [0.1, 0.15) is 28.6 Å². The van der Waals surface area contributed by atoms with Gasteiger partial charge < -0.3 is 14.4 Å². The van der Waals surface area contributed by atoms with Crippen molar-refractivity contribution < 1.29 is 9.52 Å². The summed E-state index contributed by atoms with van der Waals surface area (Å²) in [5.74, 6) is 0.277. The lowest BCUT2D eigenvalue weighted by atomic mass is 10.0. The molecular formula is C23H22N2O3S.